The maximum atomic E-state index is 13.4. The van der Waals surface area contributed by atoms with Gasteiger partial charge in [-0.25, -0.2) is 4.79 Å². The molecular formula is C28H26N4O5. The van der Waals surface area contributed by atoms with Gasteiger partial charge in [-0.2, -0.15) is 4.98 Å². The van der Waals surface area contributed by atoms with E-state index in [0.717, 1.165) is 5.56 Å². The number of carbonyl (C=O) groups is 1. The number of ether oxygens (including phenoxy) is 3. The van der Waals surface area contributed by atoms with Crippen LogP contribution in [0.15, 0.2) is 83.0 Å². The molecule has 9 nitrogen and oxygen atoms in total. The van der Waals surface area contributed by atoms with Gasteiger partial charge in [-0.3, -0.25) is 4.90 Å². The van der Waals surface area contributed by atoms with Crippen molar-refractivity contribution >= 4 is 17.3 Å². The SMILES string of the molecule is COc1cccc(N2C(=O)NC(c3ccccc3)C(c3nc(-c4ccc(OC)c(OC)c4)no3)=C2C)c1. The van der Waals surface area contributed by atoms with E-state index in [2.05, 4.69) is 10.5 Å². The van der Waals surface area contributed by atoms with Crippen LogP contribution in [-0.2, 0) is 0 Å². The molecule has 3 aromatic carbocycles. The number of allylic oxidation sites excluding steroid dienone is 1. The minimum Gasteiger partial charge on any atom is -0.497 e. The van der Waals surface area contributed by atoms with Gasteiger partial charge in [0.05, 0.1) is 38.6 Å². The van der Waals surface area contributed by atoms with Crippen molar-refractivity contribution in [1.29, 1.82) is 0 Å². The summed E-state index contributed by atoms with van der Waals surface area (Å²) in [7, 11) is 4.73. The van der Waals surface area contributed by atoms with Crippen LogP contribution in [-0.4, -0.2) is 37.5 Å². The lowest BCUT2D eigenvalue weighted by Crippen LogP contribution is -2.46. The summed E-state index contributed by atoms with van der Waals surface area (Å²) in [6.45, 7) is 1.86. The Labute approximate surface area is 214 Å². The summed E-state index contributed by atoms with van der Waals surface area (Å²) >= 11 is 0. The topological polar surface area (TPSA) is 99.0 Å². The molecule has 0 spiro atoms. The highest BCUT2D eigenvalue weighted by atomic mass is 16.5. The largest absolute Gasteiger partial charge is 0.497 e. The van der Waals surface area contributed by atoms with Crippen LogP contribution in [0.2, 0.25) is 0 Å². The van der Waals surface area contributed by atoms with Crippen LogP contribution in [0.4, 0.5) is 10.5 Å². The Balaban J connectivity index is 1.63. The maximum Gasteiger partial charge on any atom is 0.327 e. The van der Waals surface area contributed by atoms with Gasteiger partial charge in [0, 0.05) is 17.3 Å². The molecule has 1 N–H and O–H groups in total. The summed E-state index contributed by atoms with van der Waals surface area (Å²) in [5, 5.41) is 7.34. The van der Waals surface area contributed by atoms with E-state index >= 15 is 0 Å². The van der Waals surface area contributed by atoms with Crippen molar-refractivity contribution in [2.24, 2.45) is 0 Å². The fourth-order valence-electron chi connectivity index (χ4n) is 4.40. The average molecular weight is 499 g/mol. The number of hydrogen-bond donors (Lipinski definition) is 1. The second-order valence-electron chi connectivity index (χ2n) is 8.32. The van der Waals surface area contributed by atoms with Gasteiger partial charge >= 0.3 is 6.03 Å². The molecule has 1 unspecified atom stereocenters. The Bertz CT molecular complexity index is 1460. The molecule has 1 aliphatic heterocycles. The lowest BCUT2D eigenvalue weighted by atomic mass is 9.94. The Morgan fingerprint density at radius 1 is 0.892 bits per heavy atom. The molecule has 37 heavy (non-hydrogen) atoms. The molecule has 0 saturated heterocycles. The van der Waals surface area contributed by atoms with Crippen molar-refractivity contribution in [2.75, 3.05) is 26.2 Å². The zero-order valence-corrected chi connectivity index (χ0v) is 20.9. The van der Waals surface area contributed by atoms with E-state index in [1.165, 1.54) is 0 Å². The summed E-state index contributed by atoms with van der Waals surface area (Å²) in [5.74, 6) is 2.47. The minimum atomic E-state index is -0.491. The van der Waals surface area contributed by atoms with Gasteiger partial charge in [0.1, 0.15) is 5.75 Å². The Kier molecular flexibility index (Phi) is 6.51. The summed E-state index contributed by atoms with van der Waals surface area (Å²) in [6, 6.07) is 21.6. The number of urea groups is 1. The zero-order valence-electron chi connectivity index (χ0n) is 20.9. The van der Waals surface area contributed by atoms with E-state index in [4.69, 9.17) is 23.7 Å². The lowest BCUT2D eigenvalue weighted by molar-refractivity contribution is 0.244. The monoisotopic (exact) mass is 498 g/mol. The molecule has 2 amide bonds. The fourth-order valence-corrected chi connectivity index (χ4v) is 4.40. The molecule has 0 saturated carbocycles. The van der Waals surface area contributed by atoms with Crippen molar-refractivity contribution in [3.63, 3.8) is 0 Å². The summed E-state index contributed by atoms with van der Waals surface area (Å²) in [5.41, 5.74) is 3.59. The van der Waals surface area contributed by atoms with Gasteiger partial charge in [-0.15, -0.1) is 0 Å². The maximum absolute atomic E-state index is 13.4. The molecule has 1 aliphatic rings. The van der Waals surface area contributed by atoms with E-state index in [-0.39, 0.29) is 6.03 Å². The number of anilines is 1. The summed E-state index contributed by atoms with van der Waals surface area (Å²) in [4.78, 5) is 19.7. The number of methoxy groups -OCH3 is 3. The normalized spacial score (nSPS) is 15.4. The van der Waals surface area contributed by atoms with Gasteiger partial charge in [-0.1, -0.05) is 41.6 Å². The average Bonchev–Trinajstić information content (AvgIpc) is 3.42. The van der Waals surface area contributed by atoms with Crippen molar-refractivity contribution < 1.29 is 23.5 Å². The molecule has 4 aromatic rings. The van der Waals surface area contributed by atoms with Crippen LogP contribution in [0.5, 0.6) is 17.2 Å². The van der Waals surface area contributed by atoms with Crippen LogP contribution in [0.25, 0.3) is 17.0 Å². The highest BCUT2D eigenvalue weighted by Crippen LogP contribution is 2.40. The van der Waals surface area contributed by atoms with Crippen LogP contribution in [0.1, 0.15) is 24.4 Å². The standard InChI is InChI=1S/C28H26N4O5/c1-17-24(27-30-26(31-37-27)19-13-14-22(35-3)23(15-19)36-4)25(18-9-6-5-7-10-18)29-28(33)32(17)20-11-8-12-21(16-20)34-2/h5-16,25H,1-4H3,(H,29,33). The molecule has 1 atom stereocenters. The first-order chi connectivity index (χ1) is 18.0. The number of nitrogens with one attached hydrogen (secondary N) is 1. The summed E-state index contributed by atoms with van der Waals surface area (Å²) < 4.78 is 21.9. The molecule has 1 aromatic heterocycles. The molecule has 9 heteroatoms. The molecular weight excluding hydrogens is 472 g/mol. The number of aromatic nitrogens is 2. The van der Waals surface area contributed by atoms with Crippen LogP contribution in [0.3, 0.4) is 0 Å². The van der Waals surface area contributed by atoms with E-state index in [9.17, 15) is 4.79 Å². The van der Waals surface area contributed by atoms with Crippen LogP contribution < -0.4 is 24.4 Å². The van der Waals surface area contributed by atoms with Gasteiger partial charge in [0.25, 0.3) is 5.89 Å². The van der Waals surface area contributed by atoms with Crippen molar-refractivity contribution in [2.45, 2.75) is 13.0 Å². The smallest absolute Gasteiger partial charge is 0.327 e. The molecule has 0 bridgehead atoms. The summed E-state index contributed by atoms with van der Waals surface area (Å²) in [6.07, 6.45) is 0. The number of amides is 2. The van der Waals surface area contributed by atoms with Crippen LogP contribution in [0, 0.1) is 0 Å². The lowest BCUT2D eigenvalue weighted by Gasteiger charge is -2.35. The predicted molar refractivity (Wildman–Crippen MR) is 139 cm³/mol. The predicted octanol–water partition coefficient (Wildman–Crippen LogP) is 5.46. The first-order valence-electron chi connectivity index (χ1n) is 11.6. The van der Waals surface area contributed by atoms with Gasteiger partial charge in [0.2, 0.25) is 5.82 Å². The molecule has 0 radical (unpaired) electrons. The highest BCUT2D eigenvalue weighted by molar-refractivity contribution is 6.01. The van der Waals surface area contributed by atoms with Gasteiger partial charge < -0.3 is 24.1 Å². The molecule has 188 valence electrons. The van der Waals surface area contributed by atoms with Crippen molar-refractivity contribution in [3.8, 4) is 28.6 Å². The molecule has 0 aliphatic carbocycles. The third-order valence-electron chi connectivity index (χ3n) is 6.23. The zero-order chi connectivity index (χ0) is 25.9. The number of nitrogens with zero attached hydrogens (tertiary/aromatic N) is 3. The van der Waals surface area contributed by atoms with E-state index < -0.39 is 6.04 Å². The molecule has 2 heterocycles. The number of rotatable bonds is 7. The third-order valence-corrected chi connectivity index (χ3v) is 6.23. The van der Waals surface area contributed by atoms with Crippen molar-refractivity contribution in [3.05, 3.63) is 89.9 Å². The quantitative estimate of drug-likeness (QED) is 0.361. The third kappa shape index (κ3) is 4.47. The Hall–Kier alpha value is -4.79. The van der Waals surface area contributed by atoms with Crippen LogP contribution >= 0.6 is 0 Å². The number of carbonyl (C=O) groups excluding carboxylic acids is 1. The second-order valence-corrected chi connectivity index (χ2v) is 8.32. The first kappa shape index (κ1) is 23.9. The van der Waals surface area contributed by atoms with E-state index in [0.29, 0.717) is 51.5 Å². The molecule has 5 rings (SSSR count). The van der Waals surface area contributed by atoms with Crippen molar-refractivity contribution in [1.82, 2.24) is 15.5 Å². The van der Waals surface area contributed by atoms with E-state index in [1.807, 2.05) is 61.5 Å². The number of benzene rings is 3. The number of hydrogen-bond acceptors (Lipinski definition) is 7. The van der Waals surface area contributed by atoms with E-state index in [1.54, 1.807) is 44.4 Å². The van der Waals surface area contributed by atoms with Gasteiger partial charge in [-0.05, 0) is 42.8 Å². The second kappa shape index (κ2) is 10.1. The Morgan fingerprint density at radius 3 is 2.41 bits per heavy atom. The minimum absolute atomic E-state index is 0.275. The Morgan fingerprint density at radius 2 is 1.68 bits per heavy atom. The molecule has 0 fully saturated rings. The fraction of sp³-hybridized carbons (Fsp3) is 0.179. The highest BCUT2D eigenvalue weighted by Gasteiger charge is 2.36. The van der Waals surface area contributed by atoms with Gasteiger partial charge in [0.15, 0.2) is 11.5 Å². The first-order valence-corrected chi connectivity index (χ1v) is 11.6.